The van der Waals surface area contributed by atoms with E-state index in [2.05, 4.69) is 15.4 Å². The van der Waals surface area contributed by atoms with Gasteiger partial charge in [-0.1, -0.05) is 13.8 Å². The van der Waals surface area contributed by atoms with Gasteiger partial charge in [0.1, 0.15) is 18.2 Å². The average Bonchev–Trinajstić information content (AvgIpc) is 2.33. The monoisotopic (exact) mass is 268 g/mol. The van der Waals surface area contributed by atoms with Crippen molar-refractivity contribution in [2.45, 2.75) is 46.1 Å². The van der Waals surface area contributed by atoms with Crippen molar-refractivity contribution in [3.8, 4) is 5.88 Å². The van der Waals surface area contributed by atoms with Crippen LogP contribution in [0.2, 0.25) is 0 Å². The second-order valence-corrected chi connectivity index (χ2v) is 5.56. The SMILES string of the molecule is CC(C)c1nc(NN)cc(OCCOC(C)(C)C)n1. The van der Waals surface area contributed by atoms with E-state index in [1.54, 1.807) is 6.07 Å². The van der Waals surface area contributed by atoms with E-state index in [4.69, 9.17) is 15.3 Å². The van der Waals surface area contributed by atoms with Gasteiger partial charge in [-0.05, 0) is 20.8 Å². The lowest BCUT2D eigenvalue weighted by Gasteiger charge is -2.19. The third-order valence-corrected chi connectivity index (χ3v) is 2.25. The minimum absolute atomic E-state index is 0.165. The Bertz CT molecular complexity index is 402. The fourth-order valence-corrected chi connectivity index (χ4v) is 1.34. The average molecular weight is 268 g/mol. The van der Waals surface area contributed by atoms with Crippen molar-refractivity contribution < 1.29 is 9.47 Å². The summed E-state index contributed by atoms with van der Waals surface area (Å²) in [6, 6.07) is 1.67. The second kappa shape index (κ2) is 6.68. The number of ether oxygens (including phenoxy) is 2. The third-order valence-electron chi connectivity index (χ3n) is 2.25. The molecule has 3 N–H and O–H groups in total. The van der Waals surface area contributed by atoms with Crippen LogP contribution >= 0.6 is 0 Å². The number of rotatable bonds is 6. The fourth-order valence-electron chi connectivity index (χ4n) is 1.34. The number of anilines is 1. The van der Waals surface area contributed by atoms with Crippen LogP contribution in [0.1, 0.15) is 46.4 Å². The van der Waals surface area contributed by atoms with Gasteiger partial charge in [-0.25, -0.2) is 10.8 Å². The largest absolute Gasteiger partial charge is 0.475 e. The van der Waals surface area contributed by atoms with Gasteiger partial charge in [-0.2, -0.15) is 4.98 Å². The zero-order chi connectivity index (χ0) is 14.5. The molecule has 0 aliphatic rings. The Morgan fingerprint density at radius 2 is 1.95 bits per heavy atom. The molecular weight excluding hydrogens is 244 g/mol. The topological polar surface area (TPSA) is 82.3 Å². The third kappa shape index (κ3) is 5.85. The molecule has 0 bridgehead atoms. The molecule has 0 unspecified atom stereocenters. The van der Waals surface area contributed by atoms with Crippen LogP contribution in [0, 0.1) is 0 Å². The lowest BCUT2D eigenvalue weighted by Crippen LogP contribution is -2.22. The standard InChI is InChI=1S/C13H24N4O2/c1-9(2)12-15-10(17-14)8-11(16-12)18-6-7-19-13(3,4)5/h8-9H,6-7,14H2,1-5H3,(H,15,16,17). The van der Waals surface area contributed by atoms with Gasteiger partial charge in [0.15, 0.2) is 0 Å². The molecule has 0 amide bonds. The van der Waals surface area contributed by atoms with Crippen LogP contribution in [-0.4, -0.2) is 28.8 Å². The highest BCUT2D eigenvalue weighted by Crippen LogP contribution is 2.18. The molecular formula is C13H24N4O2. The Morgan fingerprint density at radius 3 is 2.47 bits per heavy atom. The van der Waals surface area contributed by atoms with Crippen molar-refractivity contribution in [3.05, 3.63) is 11.9 Å². The molecule has 0 aliphatic carbocycles. The highest BCUT2D eigenvalue weighted by atomic mass is 16.5. The molecule has 1 aromatic rings. The second-order valence-electron chi connectivity index (χ2n) is 5.56. The van der Waals surface area contributed by atoms with E-state index in [9.17, 15) is 0 Å². The smallest absolute Gasteiger partial charge is 0.218 e. The zero-order valence-electron chi connectivity index (χ0n) is 12.4. The van der Waals surface area contributed by atoms with Crippen LogP contribution in [0.15, 0.2) is 6.07 Å². The number of nitrogen functional groups attached to an aromatic ring is 1. The number of aromatic nitrogens is 2. The summed E-state index contributed by atoms with van der Waals surface area (Å²) in [5.74, 6) is 7.34. The molecule has 1 aromatic heterocycles. The molecule has 0 saturated heterocycles. The maximum absolute atomic E-state index is 5.58. The van der Waals surface area contributed by atoms with Gasteiger partial charge in [-0.15, -0.1) is 0 Å². The summed E-state index contributed by atoms with van der Waals surface area (Å²) in [7, 11) is 0. The van der Waals surface area contributed by atoms with Crippen molar-refractivity contribution in [1.82, 2.24) is 9.97 Å². The number of hydrazine groups is 1. The summed E-state index contributed by atoms with van der Waals surface area (Å²) < 4.78 is 11.1. The summed E-state index contributed by atoms with van der Waals surface area (Å²) in [5.41, 5.74) is 2.35. The number of hydrogen-bond donors (Lipinski definition) is 2. The molecule has 0 aliphatic heterocycles. The minimum atomic E-state index is -0.165. The van der Waals surface area contributed by atoms with Crippen LogP contribution in [0.25, 0.3) is 0 Å². The first-order valence-corrected chi connectivity index (χ1v) is 6.44. The number of nitrogens with zero attached hydrogens (tertiary/aromatic N) is 2. The normalized spacial score (nSPS) is 11.7. The van der Waals surface area contributed by atoms with Crippen molar-refractivity contribution in [1.29, 1.82) is 0 Å². The number of hydrogen-bond acceptors (Lipinski definition) is 6. The van der Waals surface area contributed by atoms with Crippen LogP contribution in [0.4, 0.5) is 5.82 Å². The zero-order valence-corrected chi connectivity index (χ0v) is 12.4. The maximum Gasteiger partial charge on any atom is 0.218 e. The summed E-state index contributed by atoms with van der Waals surface area (Å²) in [5, 5.41) is 0. The van der Waals surface area contributed by atoms with E-state index in [1.807, 2.05) is 34.6 Å². The summed E-state index contributed by atoms with van der Waals surface area (Å²) in [6.45, 7) is 11.0. The lowest BCUT2D eigenvalue weighted by atomic mass is 10.2. The Kier molecular flexibility index (Phi) is 5.50. The molecule has 0 atom stereocenters. The highest BCUT2D eigenvalue weighted by molar-refractivity contribution is 5.37. The van der Waals surface area contributed by atoms with Crippen LogP contribution < -0.4 is 16.0 Å². The molecule has 1 heterocycles. The predicted octanol–water partition coefficient (Wildman–Crippen LogP) is 2.08. The summed E-state index contributed by atoms with van der Waals surface area (Å²) in [4.78, 5) is 8.59. The van der Waals surface area contributed by atoms with Crippen LogP contribution in [-0.2, 0) is 4.74 Å². The van der Waals surface area contributed by atoms with Gasteiger partial charge in [0.05, 0.1) is 12.2 Å². The van der Waals surface area contributed by atoms with Crippen LogP contribution in [0.3, 0.4) is 0 Å². The van der Waals surface area contributed by atoms with E-state index in [0.29, 0.717) is 30.7 Å². The molecule has 108 valence electrons. The first-order valence-electron chi connectivity index (χ1n) is 6.44. The molecule has 1 rings (SSSR count). The first kappa shape index (κ1) is 15.7. The van der Waals surface area contributed by atoms with Crippen molar-refractivity contribution in [3.63, 3.8) is 0 Å². The molecule has 6 heteroatoms. The number of nitrogens with two attached hydrogens (primary N) is 1. The predicted molar refractivity (Wildman–Crippen MR) is 75.1 cm³/mol. The van der Waals surface area contributed by atoms with Gasteiger partial charge in [0.2, 0.25) is 5.88 Å². The van der Waals surface area contributed by atoms with E-state index in [1.165, 1.54) is 0 Å². The van der Waals surface area contributed by atoms with E-state index in [-0.39, 0.29) is 11.5 Å². The summed E-state index contributed by atoms with van der Waals surface area (Å²) >= 11 is 0. The molecule has 0 spiro atoms. The Labute approximate surface area is 114 Å². The van der Waals surface area contributed by atoms with Gasteiger partial charge in [0, 0.05) is 12.0 Å². The van der Waals surface area contributed by atoms with Crippen LogP contribution in [0.5, 0.6) is 5.88 Å². The van der Waals surface area contributed by atoms with Gasteiger partial charge < -0.3 is 14.9 Å². The fraction of sp³-hybridized carbons (Fsp3) is 0.692. The van der Waals surface area contributed by atoms with Crippen molar-refractivity contribution >= 4 is 5.82 Å². The van der Waals surface area contributed by atoms with Gasteiger partial charge in [0.25, 0.3) is 0 Å². The van der Waals surface area contributed by atoms with E-state index in [0.717, 1.165) is 0 Å². The Hall–Kier alpha value is -1.40. The molecule has 0 fully saturated rings. The van der Waals surface area contributed by atoms with Crippen molar-refractivity contribution in [2.75, 3.05) is 18.6 Å². The summed E-state index contributed by atoms with van der Waals surface area (Å²) in [6.07, 6.45) is 0. The number of nitrogens with one attached hydrogen (secondary N) is 1. The molecule has 0 radical (unpaired) electrons. The van der Waals surface area contributed by atoms with Crippen molar-refractivity contribution in [2.24, 2.45) is 5.84 Å². The molecule has 19 heavy (non-hydrogen) atoms. The Morgan fingerprint density at radius 1 is 1.26 bits per heavy atom. The first-order chi connectivity index (χ1) is 8.81. The molecule has 6 nitrogen and oxygen atoms in total. The van der Waals surface area contributed by atoms with E-state index >= 15 is 0 Å². The lowest BCUT2D eigenvalue weighted by molar-refractivity contribution is -0.0168. The Balaban J connectivity index is 2.60. The maximum atomic E-state index is 5.58. The highest BCUT2D eigenvalue weighted by Gasteiger charge is 2.11. The van der Waals surface area contributed by atoms with Gasteiger partial charge >= 0.3 is 0 Å². The minimum Gasteiger partial charge on any atom is -0.475 e. The van der Waals surface area contributed by atoms with Gasteiger partial charge in [-0.3, -0.25) is 0 Å². The van der Waals surface area contributed by atoms with E-state index < -0.39 is 0 Å². The molecule has 0 saturated carbocycles. The quantitative estimate of drug-likeness (QED) is 0.467. The molecule has 0 aromatic carbocycles.